The lowest BCUT2D eigenvalue weighted by Crippen LogP contribution is -2.29. The van der Waals surface area contributed by atoms with Crippen molar-refractivity contribution < 1.29 is 0 Å². The van der Waals surface area contributed by atoms with E-state index in [2.05, 4.69) is 40.8 Å². The van der Waals surface area contributed by atoms with Gasteiger partial charge in [0.2, 0.25) is 0 Å². The molecule has 0 saturated carbocycles. The molecule has 1 saturated heterocycles. The fraction of sp³-hybridized carbons (Fsp3) is 0.364. The number of thioether (sulfide) groups is 1. The van der Waals surface area contributed by atoms with Gasteiger partial charge in [-0.15, -0.1) is 24.2 Å². The number of aromatic nitrogens is 1. The number of piperidine rings is 1. The molecule has 1 aliphatic heterocycles. The van der Waals surface area contributed by atoms with Crippen molar-refractivity contribution >= 4 is 58.3 Å². The zero-order chi connectivity index (χ0) is 18.8. The zero-order valence-electron chi connectivity index (χ0n) is 16.0. The highest BCUT2D eigenvalue weighted by Crippen LogP contribution is 2.35. The molecule has 0 N–H and O–H groups in total. The Morgan fingerprint density at radius 3 is 2.54 bits per heavy atom. The van der Waals surface area contributed by atoms with Crippen LogP contribution in [-0.2, 0) is 19.3 Å². The highest BCUT2D eigenvalue weighted by atomic mass is 35.5. The Balaban J connectivity index is 0.00000225. The topological polar surface area (TPSA) is 8.17 Å². The first-order chi connectivity index (χ1) is 13.1. The van der Waals surface area contributed by atoms with Crippen molar-refractivity contribution in [2.75, 3.05) is 13.1 Å². The van der Waals surface area contributed by atoms with E-state index in [9.17, 15) is 0 Å². The molecule has 4 rings (SSSR count). The number of nitrogens with zero attached hydrogens (tertiary/aromatic N) is 2. The fourth-order valence-electron chi connectivity index (χ4n) is 3.96. The van der Waals surface area contributed by atoms with Gasteiger partial charge in [-0.25, -0.2) is 0 Å². The molecule has 0 amide bonds. The minimum Gasteiger partial charge on any atom is -0.347 e. The van der Waals surface area contributed by atoms with Crippen molar-refractivity contribution in [1.82, 2.24) is 9.47 Å². The molecule has 1 fully saturated rings. The number of aryl methyl sites for hydroxylation is 1. The van der Waals surface area contributed by atoms with E-state index in [4.69, 9.17) is 23.2 Å². The molecule has 3 aromatic rings. The summed E-state index contributed by atoms with van der Waals surface area (Å²) in [6, 6.07) is 14.4. The molecular weight excluding hydrogens is 431 g/mol. The minimum absolute atomic E-state index is 0. The van der Waals surface area contributed by atoms with Crippen molar-refractivity contribution in [2.45, 2.75) is 36.5 Å². The van der Waals surface area contributed by atoms with Crippen molar-refractivity contribution in [2.24, 2.45) is 7.05 Å². The lowest BCUT2D eigenvalue weighted by Gasteiger charge is -2.26. The predicted molar refractivity (Wildman–Crippen MR) is 125 cm³/mol. The first-order valence-electron chi connectivity index (χ1n) is 9.49. The van der Waals surface area contributed by atoms with Crippen LogP contribution >= 0.6 is 47.4 Å². The number of fused-ring (bicyclic) bond motifs is 1. The quantitative estimate of drug-likeness (QED) is 0.376. The maximum atomic E-state index is 6.38. The van der Waals surface area contributed by atoms with Gasteiger partial charge in [0.25, 0.3) is 0 Å². The predicted octanol–water partition coefficient (Wildman–Crippen LogP) is 7.19. The standard InChI is InChI=1S/C22H24Cl2N2S.ClH/c1-25-20-8-4-3-7-17(20)18(14-26-11-5-2-6-12-26)21(25)15-27-22-13-16(23)9-10-19(22)24;/h3-4,7-10,13H,2,5-6,11-12,14-15H2,1H3;1H. The van der Waals surface area contributed by atoms with Gasteiger partial charge in [-0.2, -0.15) is 0 Å². The summed E-state index contributed by atoms with van der Waals surface area (Å²) in [6.45, 7) is 3.44. The van der Waals surface area contributed by atoms with E-state index in [-0.39, 0.29) is 12.4 Å². The lowest BCUT2D eigenvalue weighted by molar-refractivity contribution is 0.221. The second-order valence-corrected chi connectivity index (χ2v) is 9.06. The van der Waals surface area contributed by atoms with Gasteiger partial charge < -0.3 is 4.57 Å². The summed E-state index contributed by atoms with van der Waals surface area (Å²) in [6.07, 6.45) is 3.99. The third-order valence-corrected chi connectivity index (χ3v) is 7.18. The zero-order valence-corrected chi connectivity index (χ0v) is 19.1. The summed E-state index contributed by atoms with van der Waals surface area (Å²) in [4.78, 5) is 3.64. The largest absolute Gasteiger partial charge is 0.347 e. The van der Waals surface area contributed by atoms with Gasteiger partial charge in [-0.05, 0) is 55.8 Å². The summed E-state index contributed by atoms with van der Waals surface area (Å²) < 4.78 is 2.35. The van der Waals surface area contributed by atoms with Gasteiger partial charge in [-0.1, -0.05) is 47.8 Å². The third-order valence-electron chi connectivity index (χ3n) is 5.43. The summed E-state index contributed by atoms with van der Waals surface area (Å²) in [5.74, 6) is 0.883. The molecule has 0 bridgehead atoms. The third kappa shape index (κ3) is 4.66. The second-order valence-electron chi connectivity index (χ2n) is 7.20. The molecule has 2 nitrogen and oxygen atoms in total. The Kier molecular flexibility index (Phi) is 7.63. The first kappa shape index (κ1) is 21.9. The first-order valence-corrected chi connectivity index (χ1v) is 11.2. The highest BCUT2D eigenvalue weighted by molar-refractivity contribution is 7.98. The summed E-state index contributed by atoms with van der Waals surface area (Å²) in [7, 11) is 2.18. The van der Waals surface area contributed by atoms with E-state index < -0.39 is 0 Å². The molecule has 28 heavy (non-hydrogen) atoms. The molecular formula is C22H25Cl3N2S. The lowest BCUT2D eigenvalue weighted by atomic mass is 10.1. The summed E-state index contributed by atoms with van der Waals surface area (Å²) in [5.41, 5.74) is 4.14. The average molecular weight is 456 g/mol. The molecule has 0 aliphatic carbocycles. The van der Waals surface area contributed by atoms with Crippen LogP contribution in [0, 0.1) is 0 Å². The maximum absolute atomic E-state index is 6.38. The number of halogens is 3. The van der Waals surface area contributed by atoms with Crippen LogP contribution in [0.25, 0.3) is 10.9 Å². The van der Waals surface area contributed by atoms with Crippen LogP contribution in [0.15, 0.2) is 47.4 Å². The molecule has 0 atom stereocenters. The number of likely N-dealkylation sites (tertiary alicyclic amines) is 1. The van der Waals surface area contributed by atoms with Gasteiger partial charge in [0.1, 0.15) is 0 Å². The molecule has 1 aromatic heterocycles. The van der Waals surface area contributed by atoms with E-state index in [0.717, 1.165) is 27.2 Å². The van der Waals surface area contributed by atoms with E-state index in [1.54, 1.807) is 11.8 Å². The highest BCUT2D eigenvalue weighted by Gasteiger charge is 2.19. The monoisotopic (exact) mass is 454 g/mol. The Morgan fingerprint density at radius 2 is 1.75 bits per heavy atom. The molecule has 0 spiro atoms. The van der Waals surface area contributed by atoms with Crippen LogP contribution < -0.4 is 0 Å². The van der Waals surface area contributed by atoms with Crippen molar-refractivity contribution in [3.63, 3.8) is 0 Å². The van der Waals surface area contributed by atoms with E-state index in [0.29, 0.717) is 0 Å². The van der Waals surface area contributed by atoms with Crippen LogP contribution in [0.4, 0.5) is 0 Å². The summed E-state index contributed by atoms with van der Waals surface area (Å²) in [5, 5.41) is 2.87. The molecule has 6 heteroatoms. The Bertz CT molecular complexity index is 948. The van der Waals surface area contributed by atoms with Crippen molar-refractivity contribution in [3.8, 4) is 0 Å². The van der Waals surface area contributed by atoms with E-state index >= 15 is 0 Å². The van der Waals surface area contributed by atoms with E-state index in [1.165, 1.54) is 54.5 Å². The molecule has 2 heterocycles. The fourth-order valence-corrected chi connectivity index (χ4v) is 5.55. The molecule has 1 aliphatic rings. The van der Waals surface area contributed by atoms with Gasteiger partial charge in [-0.3, -0.25) is 4.90 Å². The van der Waals surface area contributed by atoms with Crippen molar-refractivity contribution in [1.29, 1.82) is 0 Å². The van der Waals surface area contributed by atoms with Gasteiger partial charge >= 0.3 is 0 Å². The van der Waals surface area contributed by atoms with Crippen LogP contribution in [0.3, 0.4) is 0 Å². The van der Waals surface area contributed by atoms with Crippen LogP contribution in [-0.4, -0.2) is 22.6 Å². The Labute approximate surface area is 187 Å². The van der Waals surface area contributed by atoms with Crippen LogP contribution in [0.1, 0.15) is 30.5 Å². The Morgan fingerprint density at radius 1 is 1.00 bits per heavy atom. The van der Waals surface area contributed by atoms with E-state index in [1.807, 2.05) is 18.2 Å². The SMILES string of the molecule is Cl.Cn1c(CSc2cc(Cl)ccc2Cl)c(CN2CCCCC2)c2ccccc21. The molecule has 150 valence electrons. The van der Waals surface area contributed by atoms with Crippen LogP contribution in [0.2, 0.25) is 10.0 Å². The number of benzene rings is 2. The molecule has 0 radical (unpaired) electrons. The average Bonchev–Trinajstić information content (AvgIpc) is 2.95. The maximum Gasteiger partial charge on any atom is 0.0543 e. The normalized spacial score (nSPS) is 15.0. The molecule has 0 unspecified atom stereocenters. The second kappa shape index (κ2) is 9.77. The van der Waals surface area contributed by atoms with Gasteiger partial charge in [0.15, 0.2) is 0 Å². The molecule has 2 aromatic carbocycles. The van der Waals surface area contributed by atoms with Gasteiger partial charge in [0.05, 0.1) is 5.02 Å². The number of para-hydroxylation sites is 1. The number of hydrogen-bond donors (Lipinski definition) is 0. The summed E-state index contributed by atoms with van der Waals surface area (Å²) >= 11 is 14.3. The van der Waals surface area contributed by atoms with Crippen LogP contribution in [0.5, 0.6) is 0 Å². The number of hydrogen-bond acceptors (Lipinski definition) is 2. The van der Waals surface area contributed by atoms with Crippen molar-refractivity contribution in [3.05, 3.63) is 63.8 Å². The van der Waals surface area contributed by atoms with Gasteiger partial charge in [0, 0.05) is 45.9 Å². The Hall–Kier alpha value is -0.840. The number of rotatable bonds is 5. The minimum atomic E-state index is 0. The smallest absolute Gasteiger partial charge is 0.0543 e.